The lowest BCUT2D eigenvalue weighted by molar-refractivity contribution is -0.137. The highest BCUT2D eigenvalue weighted by Crippen LogP contribution is 2.32. The van der Waals surface area contributed by atoms with Gasteiger partial charge in [-0.25, -0.2) is 0 Å². The number of piperidine rings is 1. The predicted octanol–water partition coefficient (Wildman–Crippen LogP) is 4.31. The SMILES string of the molecule is CCCCCCCCCCCC(=O)Nc1cccc2c1CN(C1CCC(=O)NC1=O)C2=O. The molecule has 0 bridgehead atoms. The second-order valence-electron chi connectivity index (χ2n) is 8.86. The molecule has 1 aromatic rings. The quantitative estimate of drug-likeness (QED) is 0.373. The number of anilines is 1. The second kappa shape index (κ2) is 11.8. The molecule has 1 fully saturated rings. The maximum Gasteiger partial charge on any atom is 0.255 e. The van der Waals surface area contributed by atoms with Crippen LogP contribution >= 0.6 is 0 Å². The number of nitrogens with one attached hydrogen (secondary N) is 2. The van der Waals surface area contributed by atoms with Crippen molar-refractivity contribution in [3.8, 4) is 0 Å². The molecule has 1 atom stereocenters. The summed E-state index contributed by atoms with van der Waals surface area (Å²) in [4.78, 5) is 50.5. The molecule has 0 aliphatic carbocycles. The third kappa shape index (κ3) is 6.17. The molecule has 0 aromatic heterocycles. The van der Waals surface area contributed by atoms with Crippen molar-refractivity contribution in [3.63, 3.8) is 0 Å². The van der Waals surface area contributed by atoms with Crippen molar-refractivity contribution in [2.45, 2.75) is 96.6 Å². The molecule has 1 aromatic carbocycles. The summed E-state index contributed by atoms with van der Waals surface area (Å²) in [7, 11) is 0. The number of benzene rings is 1. The molecule has 7 nitrogen and oxygen atoms in total. The molecule has 7 heteroatoms. The summed E-state index contributed by atoms with van der Waals surface area (Å²) in [5.41, 5.74) is 1.88. The van der Waals surface area contributed by atoms with Gasteiger partial charge in [0.1, 0.15) is 6.04 Å². The van der Waals surface area contributed by atoms with Gasteiger partial charge in [0.15, 0.2) is 0 Å². The molecule has 3 rings (SSSR count). The van der Waals surface area contributed by atoms with Crippen molar-refractivity contribution >= 4 is 29.3 Å². The average molecular weight is 442 g/mol. The van der Waals surface area contributed by atoms with Crippen LogP contribution in [0.25, 0.3) is 0 Å². The van der Waals surface area contributed by atoms with Crippen LogP contribution in [0.2, 0.25) is 0 Å². The number of unbranched alkanes of at least 4 members (excludes halogenated alkanes) is 8. The van der Waals surface area contributed by atoms with E-state index in [1.807, 2.05) is 0 Å². The Kier molecular flexibility index (Phi) is 8.82. The molecule has 2 N–H and O–H groups in total. The first-order chi connectivity index (χ1) is 15.5. The third-order valence-electron chi connectivity index (χ3n) is 6.36. The van der Waals surface area contributed by atoms with E-state index in [4.69, 9.17) is 0 Å². The highest BCUT2D eigenvalue weighted by Gasteiger charge is 2.39. The van der Waals surface area contributed by atoms with Crippen LogP contribution in [0.3, 0.4) is 0 Å². The van der Waals surface area contributed by atoms with Gasteiger partial charge in [-0.05, 0) is 25.0 Å². The lowest BCUT2D eigenvalue weighted by atomic mass is 10.0. The molecule has 174 valence electrons. The minimum atomic E-state index is -0.655. The summed E-state index contributed by atoms with van der Waals surface area (Å²) >= 11 is 0. The number of carbonyl (C=O) groups is 4. The van der Waals surface area contributed by atoms with E-state index in [0.29, 0.717) is 24.1 Å². The summed E-state index contributed by atoms with van der Waals surface area (Å²) < 4.78 is 0. The number of carbonyl (C=O) groups excluding carboxylic acids is 4. The molecule has 0 radical (unpaired) electrons. The molecular formula is C25H35N3O4. The van der Waals surface area contributed by atoms with Crippen LogP contribution in [0.4, 0.5) is 5.69 Å². The number of hydrogen-bond acceptors (Lipinski definition) is 4. The summed E-state index contributed by atoms with van der Waals surface area (Å²) in [6.07, 6.45) is 11.8. The Morgan fingerprint density at radius 3 is 2.41 bits per heavy atom. The summed E-state index contributed by atoms with van der Waals surface area (Å²) in [5.74, 6) is -1.02. The van der Waals surface area contributed by atoms with Crippen LogP contribution in [0, 0.1) is 0 Å². The van der Waals surface area contributed by atoms with Gasteiger partial charge in [-0.1, -0.05) is 64.4 Å². The number of nitrogens with zero attached hydrogens (tertiary/aromatic N) is 1. The molecule has 2 heterocycles. The van der Waals surface area contributed by atoms with Crippen LogP contribution in [0.5, 0.6) is 0 Å². The number of rotatable bonds is 12. The fourth-order valence-corrected chi connectivity index (χ4v) is 4.51. The minimum absolute atomic E-state index is 0.0479. The van der Waals surface area contributed by atoms with Crippen molar-refractivity contribution in [2.24, 2.45) is 0 Å². The fraction of sp³-hybridized carbons (Fsp3) is 0.600. The smallest absolute Gasteiger partial charge is 0.255 e. The van der Waals surface area contributed by atoms with Gasteiger partial charge in [0.05, 0.1) is 0 Å². The minimum Gasteiger partial charge on any atom is -0.326 e. The van der Waals surface area contributed by atoms with Crippen molar-refractivity contribution in [1.82, 2.24) is 10.2 Å². The maximum atomic E-state index is 12.9. The topological polar surface area (TPSA) is 95.6 Å². The Bertz CT molecular complexity index is 852. The molecule has 32 heavy (non-hydrogen) atoms. The number of amides is 4. The number of hydrogen-bond donors (Lipinski definition) is 2. The van der Waals surface area contributed by atoms with Gasteiger partial charge in [0.2, 0.25) is 17.7 Å². The van der Waals surface area contributed by atoms with Crippen molar-refractivity contribution in [3.05, 3.63) is 29.3 Å². The number of fused-ring (bicyclic) bond motifs is 1. The van der Waals surface area contributed by atoms with Gasteiger partial charge in [-0.2, -0.15) is 0 Å². The van der Waals surface area contributed by atoms with Crippen molar-refractivity contribution < 1.29 is 19.2 Å². The molecule has 1 saturated heterocycles. The van der Waals surface area contributed by atoms with Crippen LogP contribution in [0.1, 0.15) is 99.9 Å². The highest BCUT2D eigenvalue weighted by molar-refractivity contribution is 6.06. The van der Waals surface area contributed by atoms with Gasteiger partial charge >= 0.3 is 0 Å². The Labute approximate surface area is 190 Å². The number of imide groups is 1. The molecule has 2 aliphatic rings. The first-order valence-electron chi connectivity index (χ1n) is 12.1. The summed E-state index contributed by atoms with van der Waals surface area (Å²) in [6.45, 7) is 2.48. The predicted molar refractivity (Wildman–Crippen MR) is 123 cm³/mol. The standard InChI is InChI=1S/C25H35N3O4/c1-2-3-4-5-6-7-8-9-10-14-22(29)26-20-13-11-12-18-19(20)17-28(25(18)32)21-15-16-23(30)27-24(21)31/h11-13,21H,2-10,14-17H2,1H3,(H,26,29)(H,27,30,31). The molecule has 1 unspecified atom stereocenters. The summed E-state index contributed by atoms with van der Waals surface area (Å²) in [6, 6.07) is 4.62. The Balaban J connectivity index is 1.46. The molecule has 2 aliphatic heterocycles. The van der Waals surface area contributed by atoms with Gasteiger partial charge < -0.3 is 10.2 Å². The van der Waals surface area contributed by atoms with Gasteiger partial charge in [-0.15, -0.1) is 0 Å². The van der Waals surface area contributed by atoms with E-state index in [-0.39, 0.29) is 30.7 Å². The monoisotopic (exact) mass is 441 g/mol. The van der Waals surface area contributed by atoms with E-state index < -0.39 is 11.9 Å². The zero-order valence-electron chi connectivity index (χ0n) is 19.1. The Morgan fingerprint density at radius 1 is 1.03 bits per heavy atom. The molecule has 4 amide bonds. The second-order valence-corrected chi connectivity index (χ2v) is 8.86. The van der Waals surface area contributed by atoms with Crippen LogP contribution in [0.15, 0.2) is 18.2 Å². The Morgan fingerprint density at radius 2 is 1.72 bits per heavy atom. The van der Waals surface area contributed by atoms with E-state index in [1.54, 1.807) is 18.2 Å². The Hall–Kier alpha value is -2.70. The van der Waals surface area contributed by atoms with Crippen LogP contribution in [-0.2, 0) is 20.9 Å². The van der Waals surface area contributed by atoms with Crippen molar-refractivity contribution in [2.75, 3.05) is 5.32 Å². The van der Waals surface area contributed by atoms with E-state index >= 15 is 0 Å². The largest absolute Gasteiger partial charge is 0.326 e. The average Bonchev–Trinajstić information content (AvgIpc) is 3.10. The third-order valence-corrected chi connectivity index (χ3v) is 6.36. The van der Waals surface area contributed by atoms with Crippen LogP contribution < -0.4 is 10.6 Å². The summed E-state index contributed by atoms with van der Waals surface area (Å²) in [5, 5.41) is 5.27. The lowest BCUT2D eigenvalue weighted by Crippen LogP contribution is -2.52. The van der Waals surface area contributed by atoms with Gasteiger partial charge in [0, 0.05) is 36.2 Å². The fourth-order valence-electron chi connectivity index (χ4n) is 4.51. The maximum absolute atomic E-state index is 12.9. The molecule has 0 spiro atoms. The van der Waals surface area contributed by atoms with E-state index in [1.165, 1.54) is 43.4 Å². The zero-order valence-corrected chi connectivity index (χ0v) is 19.1. The van der Waals surface area contributed by atoms with E-state index in [9.17, 15) is 19.2 Å². The highest BCUT2D eigenvalue weighted by atomic mass is 16.2. The first kappa shape index (κ1) is 24.0. The van der Waals surface area contributed by atoms with Gasteiger partial charge in [0.25, 0.3) is 5.91 Å². The lowest BCUT2D eigenvalue weighted by Gasteiger charge is -2.29. The van der Waals surface area contributed by atoms with E-state index in [2.05, 4.69) is 17.6 Å². The first-order valence-corrected chi connectivity index (χ1v) is 12.1. The van der Waals surface area contributed by atoms with Crippen molar-refractivity contribution in [1.29, 1.82) is 0 Å². The van der Waals surface area contributed by atoms with Crippen LogP contribution in [-0.4, -0.2) is 34.6 Å². The zero-order chi connectivity index (χ0) is 22.9. The van der Waals surface area contributed by atoms with Gasteiger partial charge in [-0.3, -0.25) is 24.5 Å². The molecular weight excluding hydrogens is 406 g/mol. The molecule has 0 saturated carbocycles. The van der Waals surface area contributed by atoms with E-state index in [0.717, 1.165) is 24.8 Å². The normalized spacial score (nSPS) is 18.0.